The van der Waals surface area contributed by atoms with Crippen LogP contribution in [0.15, 0.2) is 64.0 Å². The van der Waals surface area contributed by atoms with E-state index >= 15 is 0 Å². The van der Waals surface area contributed by atoms with E-state index in [1.54, 1.807) is 18.2 Å². The van der Waals surface area contributed by atoms with E-state index in [9.17, 15) is 14.7 Å². The van der Waals surface area contributed by atoms with Crippen LogP contribution in [-0.2, 0) is 17.8 Å². The molecule has 0 aliphatic rings. The maximum Gasteiger partial charge on any atom is 0.227 e. The monoisotopic (exact) mass is 423 g/mol. The predicted molar refractivity (Wildman–Crippen MR) is 120 cm³/mol. The second-order valence-corrected chi connectivity index (χ2v) is 7.95. The Morgan fingerprint density at radius 1 is 1.13 bits per heavy atom. The van der Waals surface area contributed by atoms with E-state index in [-0.39, 0.29) is 37.5 Å². The summed E-state index contributed by atoms with van der Waals surface area (Å²) in [5.41, 5.74) is 1.45. The lowest BCUT2D eigenvalue weighted by atomic mass is 10.1. The van der Waals surface area contributed by atoms with Gasteiger partial charge in [-0.05, 0) is 30.0 Å². The average molecular weight is 424 g/mol. The summed E-state index contributed by atoms with van der Waals surface area (Å²) in [4.78, 5) is 27.5. The highest BCUT2D eigenvalue weighted by molar-refractivity contribution is 5.84. The SMILES string of the molecule is CC(C)CCOc1cccc2occ(CN(CCO)C(=O)Cc3ccccc3)c(=O)c12. The van der Waals surface area contributed by atoms with Gasteiger partial charge in [-0.25, -0.2) is 0 Å². The lowest BCUT2D eigenvalue weighted by molar-refractivity contribution is -0.131. The summed E-state index contributed by atoms with van der Waals surface area (Å²) in [6.45, 7) is 4.73. The first kappa shape index (κ1) is 22.6. The van der Waals surface area contributed by atoms with Gasteiger partial charge in [0.2, 0.25) is 11.3 Å². The Labute approximate surface area is 182 Å². The predicted octanol–water partition coefficient (Wildman–Crippen LogP) is 3.78. The number of nitrogens with zero attached hydrogens (tertiary/aromatic N) is 1. The maximum absolute atomic E-state index is 13.2. The van der Waals surface area contributed by atoms with Crippen LogP contribution in [0.5, 0.6) is 5.75 Å². The van der Waals surface area contributed by atoms with E-state index in [4.69, 9.17) is 9.15 Å². The Bertz CT molecular complexity index is 1060. The first-order chi connectivity index (χ1) is 15.0. The molecule has 0 saturated carbocycles. The van der Waals surface area contributed by atoms with Crippen molar-refractivity contribution in [2.75, 3.05) is 19.8 Å². The first-order valence-corrected chi connectivity index (χ1v) is 10.6. The van der Waals surface area contributed by atoms with Crippen LogP contribution < -0.4 is 10.2 Å². The number of benzene rings is 2. The highest BCUT2D eigenvalue weighted by Gasteiger charge is 2.19. The van der Waals surface area contributed by atoms with E-state index < -0.39 is 0 Å². The van der Waals surface area contributed by atoms with Gasteiger partial charge in [-0.2, -0.15) is 0 Å². The van der Waals surface area contributed by atoms with E-state index in [1.807, 2.05) is 30.3 Å². The number of carbonyl (C=O) groups is 1. The summed E-state index contributed by atoms with van der Waals surface area (Å²) in [6, 6.07) is 14.7. The molecule has 0 unspecified atom stereocenters. The van der Waals surface area contributed by atoms with Crippen molar-refractivity contribution >= 4 is 16.9 Å². The number of rotatable bonds is 10. The van der Waals surface area contributed by atoms with Gasteiger partial charge in [0.05, 0.1) is 38.0 Å². The second-order valence-electron chi connectivity index (χ2n) is 7.95. The third-order valence-electron chi connectivity index (χ3n) is 5.07. The van der Waals surface area contributed by atoms with Crippen LogP contribution in [0.25, 0.3) is 11.0 Å². The molecule has 6 nitrogen and oxygen atoms in total. The molecule has 1 heterocycles. The van der Waals surface area contributed by atoms with Crippen molar-refractivity contribution in [1.82, 2.24) is 4.90 Å². The lowest BCUT2D eigenvalue weighted by Gasteiger charge is -2.21. The van der Waals surface area contributed by atoms with Gasteiger partial charge in [-0.15, -0.1) is 0 Å². The molecule has 1 amide bonds. The van der Waals surface area contributed by atoms with Gasteiger partial charge >= 0.3 is 0 Å². The molecule has 0 aliphatic carbocycles. The van der Waals surface area contributed by atoms with Crippen molar-refractivity contribution in [3.63, 3.8) is 0 Å². The fraction of sp³-hybridized carbons (Fsp3) is 0.360. The van der Waals surface area contributed by atoms with Gasteiger partial charge in [0.25, 0.3) is 0 Å². The molecule has 0 saturated heterocycles. The number of ether oxygens (including phenoxy) is 1. The zero-order valence-electron chi connectivity index (χ0n) is 18.0. The largest absolute Gasteiger partial charge is 0.493 e. The van der Waals surface area contributed by atoms with Gasteiger partial charge in [0.1, 0.15) is 16.7 Å². The average Bonchev–Trinajstić information content (AvgIpc) is 2.75. The summed E-state index contributed by atoms with van der Waals surface area (Å²) in [6.07, 6.45) is 2.46. The van der Waals surface area contributed by atoms with Gasteiger partial charge in [-0.3, -0.25) is 9.59 Å². The van der Waals surface area contributed by atoms with Crippen LogP contribution in [-0.4, -0.2) is 35.7 Å². The molecular formula is C25H29NO5. The third kappa shape index (κ3) is 5.95. The molecule has 6 heteroatoms. The second kappa shape index (κ2) is 10.8. The molecule has 0 spiro atoms. The summed E-state index contributed by atoms with van der Waals surface area (Å²) < 4.78 is 11.6. The number of fused-ring (bicyclic) bond motifs is 1. The summed E-state index contributed by atoms with van der Waals surface area (Å²) in [7, 11) is 0. The molecule has 164 valence electrons. The minimum atomic E-state index is -0.225. The zero-order chi connectivity index (χ0) is 22.2. The Morgan fingerprint density at radius 3 is 2.61 bits per heavy atom. The Balaban J connectivity index is 1.85. The smallest absolute Gasteiger partial charge is 0.227 e. The number of hydrogen-bond acceptors (Lipinski definition) is 5. The summed E-state index contributed by atoms with van der Waals surface area (Å²) in [5.74, 6) is 0.809. The van der Waals surface area contributed by atoms with Gasteiger partial charge < -0.3 is 19.2 Å². The van der Waals surface area contributed by atoms with Gasteiger partial charge in [0, 0.05) is 6.54 Å². The van der Waals surface area contributed by atoms with E-state index in [0.29, 0.717) is 34.8 Å². The molecule has 31 heavy (non-hydrogen) atoms. The van der Waals surface area contributed by atoms with Crippen LogP contribution in [0.4, 0.5) is 0 Å². The number of hydrogen-bond donors (Lipinski definition) is 1. The molecule has 0 atom stereocenters. The van der Waals surface area contributed by atoms with Crippen LogP contribution >= 0.6 is 0 Å². The number of carbonyl (C=O) groups excluding carboxylic acids is 1. The molecule has 2 aromatic carbocycles. The minimum absolute atomic E-state index is 0.0603. The molecule has 0 bridgehead atoms. The van der Waals surface area contributed by atoms with Crippen molar-refractivity contribution < 1.29 is 19.1 Å². The molecule has 0 fully saturated rings. The highest BCUT2D eigenvalue weighted by atomic mass is 16.5. The number of aliphatic hydroxyl groups is 1. The fourth-order valence-electron chi connectivity index (χ4n) is 3.32. The minimum Gasteiger partial charge on any atom is -0.493 e. The molecule has 1 aromatic heterocycles. The molecule has 0 radical (unpaired) electrons. The Kier molecular flexibility index (Phi) is 7.84. The van der Waals surface area contributed by atoms with Crippen LogP contribution in [0, 0.1) is 5.92 Å². The Hall–Kier alpha value is -3.12. The molecule has 3 rings (SSSR count). The highest BCUT2D eigenvalue weighted by Crippen LogP contribution is 2.24. The van der Waals surface area contributed by atoms with Crippen molar-refractivity contribution in [3.8, 4) is 5.75 Å². The van der Waals surface area contributed by atoms with Gasteiger partial charge in [0.15, 0.2) is 0 Å². The lowest BCUT2D eigenvalue weighted by Crippen LogP contribution is -2.35. The van der Waals surface area contributed by atoms with Crippen LogP contribution in [0.2, 0.25) is 0 Å². The van der Waals surface area contributed by atoms with Crippen molar-refractivity contribution in [2.24, 2.45) is 5.92 Å². The quantitative estimate of drug-likeness (QED) is 0.537. The topological polar surface area (TPSA) is 80.0 Å². The van der Waals surface area contributed by atoms with Crippen LogP contribution in [0.1, 0.15) is 31.4 Å². The summed E-state index contributed by atoms with van der Waals surface area (Å²) >= 11 is 0. The maximum atomic E-state index is 13.2. The molecule has 0 aliphatic heterocycles. The Morgan fingerprint density at radius 2 is 1.90 bits per heavy atom. The number of aliphatic hydroxyl groups excluding tert-OH is 1. The van der Waals surface area contributed by atoms with E-state index in [2.05, 4.69) is 13.8 Å². The fourth-order valence-corrected chi connectivity index (χ4v) is 3.32. The van der Waals surface area contributed by atoms with E-state index in [1.165, 1.54) is 11.2 Å². The summed E-state index contributed by atoms with van der Waals surface area (Å²) in [5, 5.41) is 9.82. The molecular weight excluding hydrogens is 394 g/mol. The van der Waals surface area contributed by atoms with Crippen molar-refractivity contribution in [1.29, 1.82) is 0 Å². The van der Waals surface area contributed by atoms with Crippen molar-refractivity contribution in [3.05, 3.63) is 76.1 Å². The first-order valence-electron chi connectivity index (χ1n) is 10.6. The van der Waals surface area contributed by atoms with Crippen molar-refractivity contribution in [2.45, 2.75) is 33.2 Å². The molecule has 3 aromatic rings. The number of amides is 1. The third-order valence-corrected chi connectivity index (χ3v) is 5.07. The normalized spacial score (nSPS) is 11.1. The van der Waals surface area contributed by atoms with E-state index in [0.717, 1.165) is 12.0 Å². The van der Waals surface area contributed by atoms with Gasteiger partial charge in [-0.1, -0.05) is 50.2 Å². The molecule has 1 N–H and O–H groups in total. The standard InChI is InChI=1S/C25H29NO5/c1-18(2)11-14-30-21-9-6-10-22-24(21)25(29)20(17-31-22)16-26(12-13-27)23(28)15-19-7-4-3-5-8-19/h3-10,17-18,27H,11-16H2,1-2H3. The zero-order valence-corrected chi connectivity index (χ0v) is 18.0. The van der Waals surface area contributed by atoms with Crippen LogP contribution in [0.3, 0.4) is 0 Å².